The van der Waals surface area contributed by atoms with E-state index < -0.39 is 0 Å². The van der Waals surface area contributed by atoms with Crippen LogP contribution < -0.4 is 16.0 Å². The lowest BCUT2D eigenvalue weighted by atomic mass is 10.1. The van der Waals surface area contributed by atoms with E-state index in [2.05, 4.69) is 32.4 Å². The Bertz CT molecular complexity index is 1130. The van der Waals surface area contributed by atoms with Crippen LogP contribution in [-0.4, -0.2) is 38.9 Å². The molecule has 5 rings (SSSR count). The number of nitrogens with zero attached hydrogens (tertiary/aromatic N) is 5. The van der Waals surface area contributed by atoms with Crippen LogP contribution in [0.4, 0.5) is 17.3 Å². The van der Waals surface area contributed by atoms with Gasteiger partial charge in [-0.15, -0.1) is 11.3 Å². The smallest absolute Gasteiger partial charge is 0.150 e. The van der Waals surface area contributed by atoms with Crippen molar-refractivity contribution in [3.63, 3.8) is 0 Å². The highest BCUT2D eigenvalue weighted by molar-refractivity contribution is 7.22. The average Bonchev–Trinajstić information content (AvgIpc) is 3.33. The summed E-state index contributed by atoms with van der Waals surface area (Å²) < 4.78 is 2.94. The standard InChI is InChI=1S/C21H23N7S/c1-27-21(28-11-5-8-15(22)13-28)17(12-24-27)25-19-18-16(9-10-23-19)26-20(29-18)14-6-3-2-4-7-14/h2-4,6-7,9-10,12,15H,5,8,11,13,22H2,1H3,(H,23,25)/t15-/m0/s1. The summed E-state index contributed by atoms with van der Waals surface area (Å²) in [6.45, 7) is 1.82. The van der Waals surface area contributed by atoms with E-state index in [1.165, 1.54) is 0 Å². The van der Waals surface area contributed by atoms with Gasteiger partial charge >= 0.3 is 0 Å². The number of anilines is 3. The van der Waals surface area contributed by atoms with Crippen molar-refractivity contribution in [2.24, 2.45) is 12.8 Å². The number of hydrogen-bond donors (Lipinski definition) is 2. The van der Waals surface area contributed by atoms with Gasteiger partial charge in [0.15, 0.2) is 5.82 Å². The third kappa shape index (κ3) is 3.45. The van der Waals surface area contributed by atoms with Crippen molar-refractivity contribution in [2.75, 3.05) is 23.3 Å². The van der Waals surface area contributed by atoms with Gasteiger partial charge in [0.2, 0.25) is 0 Å². The zero-order valence-corrected chi connectivity index (χ0v) is 17.1. The Hall–Kier alpha value is -2.97. The summed E-state index contributed by atoms with van der Waals surface area (Å²) in [6.07, 6.45) is 5.82. The maximum absolute atomic E-state index is 6.21. The predicted octanol–water partition coefficient (Wildman–Crippen LogP) is 3.76. The highest BCUT2D eigenvalue weighted by atomic mass is 32.1. The van der Waals surface area contributed by atoms with Crippen LogP contribution in [0.1, 0.15) is 12.8 Å². The molecule has 0 amide bonds. The van der Waals surface area contributed by atoms with Crippen LogP contribution in [0.5, 0.6) is 0 Å². The predicted molar refractivity (Wildman–Crippen MR) is 119 cm³/mol. The van der Waals surface area contributed by atoms with Gasteiger partial charge in [-0.05, 0) is 18.9 Å². The number of aromatic nitrogens is 4. The van der Waals surface area contributed by atoms with E-state index in [1.807, 2.05) is 42.2 Å². The second-order valence-corrected chi connectivity index (χ2v) is 8.37. The summed E-state index contributed by atoms with van der Waals surface area (Å²) >= 11 is 1.65. The molecular weight excluding hydrogens is 382 g/mol. The zero-order chi connectivity index (χ0) is 19.8. The molecule has 1 fully saturated rings. The molecule has 0 bridgehead atoms. The normalized spacial score (nSPS) is 17.0. The number of rotatable bonds is 4. The van der Waals surface area contributed by atoms with Crippen molar-refractivity contribution in [2.45, 2.75) is 18.9 Å². The van der Waals surface area contributed by atoms with Crippen molar-refractivity contribution >= 4 is 38.9 Å². The summed E-state index contributed by atoms with van der Waals surface area (Å²) in [6, 6.07) is 12.4. The molecule has 148 valence electrons. The van der Waals surface area contributed by atoms with Crippen molar-refractivity contribution < 1.29 is 0 Å². The molecule has 1 aliphatic rings. The second kappa shape index (κ2) is 7.46. The molecule has 3 N–H and O–H groups in total. The second-order valence-electron chi connectivity index (χ2n) is 7.37. The van der Waals surface area contributed by atoms with E-state index >= 15 is 0 Å². The molecule has 29 heavy (non-hydrogen) atoms. The molecule has 4 aromatic rings. The Balaban J connectivity index is 1.51. The minimum atomic E-state index is 0.197. The van der Waals surface area contributed by atoms with Gasteiger partial charge in [0.25, 0.3) is 0 Å². The van der Waals surface area contributed by atoms with E-state index in [1.54, 1.807) is 17.5 Å². The third-order valence-corrected chi connectivity index (χ3v) is 6.37. The van der Waals surface area contributed by atoms with Crippen LogP contribution in [-0.2, 0) is 7.05 Å². The summed E-state index contributed by atoms with van der Waals surface area (Å²) in [5, 5.41) is 8.98. The fourth-order valence-corrected chi connectivity index (χ4v) is 4.88. The summed E-state index contributed by atoms with van der Waals surface area (Å²) in [7, 11) is 1.97. The number of thiazole rings is 1. The van der Waals surface area contributed by atoms with Crippen molar-refractivity contribution in [3.8, 4) is 10.6 Å². The summed E-state index contributed by atoms with van der Waals surface area (Å²) in [5.41, 5.74) is 9.20. The van der Waals surface area contributed by atoms with E-state index in [0.29, 0.717) is 0 Å². The maximum atomic E-state index is 6.21. The molecule has 4 heterocycles. The van der Waals surface area contributed by atoms with Crippen molar-refractivity contribution in [1.82, 2.24) is 19.7 Å². The van der Waals surface area contributed by atoms with E-state index in [0.717, 1.165) is 64.0 Å². The topological polar surface area (TPSA) is 84.9 Å². The molecule has 1 aromatic carbocycles. The molecule has 0 unspecified atom stereocenters. The Morgan fingerprint density at radius 2 is 2.07 bits per heavy atom. The first-order valence-corrected chi connectivity index (χ1v) is 10.6. The number of piperidine rings is 1. The number of hydrogen-bond acceptors (Lipinski definition) is 7. The molecule has 7 nitrogen and oxygen atoms in total. The van der Waals surface area contributed by atoms with Gasteiger partial charge in [-0.2, -0.15) is 5.10 Å². The van der Waals surface area contributed by atoms with Gasteiger partial charge in [0, 0.05) is 37.9 Å². The van der Waals surface area contributed by atoms with Gasteiger partial charge < -0.3 is 16.0 Å². The van der Waals surface area contributed by atoms with Crippen molar-refractivity contribution in [3.05, 3.63) is 48.8 Å². The van der Waals surface area contributed by atoms with Gasteiger partial charge in [-0.1, -0.05) is 30.3 Å². The maximum Gasteiger partial charge on any atom is 0.150 e. The average molecular weight is 406 g/mol. The van der Waals surface area contributed by atoms with Crippen LogP contribution >= 0.6 is 11.3 Å². The monoisotopic (exact) mass is 405 g/mol. The lowest BCUT2D eigenvalue weighted by Gasteiger charge is -2.33. The fraction of sp³-hybridized carbons (Fsp3) is 0.286. The van der Waals surface area contributed by atoms with Gasteiger partial charge in [-0.25, -0.2) is 9.97 Å². The number of nitrogens with two attached hydrogens (primary N) is 1. The van der Waals surface area contributed by atoms with E-state index in [-0.39, 0.29) is 6.04 Å². The number of aryl methyl sites for hydroxylation is 1. The molecule has 1 aliphatic heterocycles. The van der Waals surface area contributed by atoms with Gasteiger partial charge in [-0.3, -0.25) is 4.68 Å². The molecule has 3 aromatic heterocycles. The van der Waals surface area contributed by atoms with Crippen LogP contribution in [0, 0.1) is 0 Å². The first-order chi connectivity index (χ1) is 14.2. The Labute approximate surface area is 173 Å². The fourth-order valence-electron chi connectivity index (χ4n) is 3.87. The number of fused-ring (bicyclic) bond motifs is 1. The number of nitrogens with one attached hydrogen (secondary N) is 1. The molecule has 8 heteroatoms. The molecule has 0 radical (unpaired) electrons. The molecule has 1 saturated heterocycles. The minimum Gasteiger partial charge on any atom is -0.354 e. The van der Waals surface area contributed by atoms with Crippen LogP contribution in [0.3, 0.4) is 0 Å². The largest absolute Gasteiger partial charge is 0.354 e. The first kappa shape index (κ1) is 18.1. The number of benzene rings is 1. The highest BCUT2D eigenvalue weighted by Crippen LogP contribution is 2.36. The lowest BCUT2D eigenvalue weighted by molar-refractivity contribution is 0.497. The van der Waals surface area contributed by atoms with Gasteiger partial charge in [0.1, 0.15) is 16.5 Å². The van der Waals surface area contributed by atoms with Gasteiger partial charge in [0.05, 0.1) is 16.4 Å². The Kier molecular flexibility index (Phi) is 4.65. The number of pyridine rings is 1. The van der Waals surface area contributed by atoms with Crippen LogP contribution in [0.15, 0.2) is 48.8 Å². The first-order valence-electron chi connectivity index (χ1n) is 9.79. The molecule has 1 atom stereocenters. The van der Waals surface area contributed by atoms with Crippen LogP contribution in [0.2, 0.25) is 0 Å². The molecule has 0 saturated carbocycles. The summed E-state index contributed by atoms with van der Waals surface area (Å²) in [4.78, 5) is 11.7. The molecule has 0 spiro atoms. The van der Waals surface area contributed by atoms with E-state index in [9.17, 15) is 0 Å². The Morgan fingerprint density at radius 1 is 1.21 bits per heavy atom. The quantitative estimate of drug-likeness (QED) is 0.538. The third-order valence-electron chi connectivity index (χ3n) is 5.24. The molecule has 0 aliphatic carbocycles. The van der Waals surface area contributed by atoms with E-state index in [4.69, 9.17) is 10.7 Å². The summed E-state index contributed by atoms with van der Waals surface area (Å²) in [5.74, 6) is 1.85. The SMILES string of the molecule is Cn1ncc(Nc2nccc3nc(-c4ccccc4)sc23)c1N1CCC[C@H](N)C1. The minimum absolute atomic E-state index is 0.197. The highest BCUT2D eigenvalue weighted by Gasteiger charge is 2.23. The Morgan fingerprint density at radius 3 is 2.90 bits per heavy atom. The lowest BCUT2D eigenvalue weighted by Crippen LogP contribution is -2.43. The van der Waals surface area contributed by atoms with Crippen molar-refractivity contribution in [1.29, 1.82) is 0 Å². The molecular formula is C21H23N7S. The van der Waals surface area contributed by atoms with Crippen LogP contribution in [0.25, 0.3) is 20.8 Å². The zero-order valence-electron chi connectivity index (χ0n) is 16.2.